The molecule has 1 aliphatic heterocycles. The lowest BCUT2D eigenvalue weighted by Gasteiger charge is -2.36. The number of aromatic carboxylic acids is 1. The van der Waals surface area contributed by atoms with Gasteiger partial charge in [-0.15, -0.1) is 11.8 Å². The molecule has 4 N–H and O–H groups in total. The third-order valence-electron chi connectivity index (χ3n) is 7.80. The van der Waals surface area contributed by atoms with E-state index in [4.69, 9.17) is 14.2 Å². The van der Waals surface area contributed by atoms with Gasteiger partial charge in [0.05, 0.1) is 31.5 Å². The largest absolute Gasteiger partial charge is 0.478 e. The Labute approximate surface area is 282 Å². The lowest BCUT2D eigenvalue weighted by molar-refractivity contribution is -0.245. The number of benzene rings is 3. The van der Waals surface area contributed by atoms with E-state index >= 15 is 0 Å². The third kappa shape index (κ3) is 9.41. The van der Waals surface area contributed by atoms with Crippen molar-refractivity contribution in [1.29, 1.82) is 0 Å². The van der Waals surface area contributed by atoms with Gasteiger partial charge in [-0.25, -0.2) is 19.4 Å². The number of pyridine rings is 1. The first-order chi connectivity index (χ1) is 23.3. The van der Waals surface area contributed by atoms with E-state index in [9.17, 15) is 24.6 Å². The minimum Gasteiger partial charge on any atom is -0.478 e. The molecule has 1 aromatic heterocycles. The minimum absolute atomic E-state index is 0.0603. The topological polar surface area (TPSA) is 156 Å². The van der Waals surface area contributed by atoms with Crippen molar-refractivity contribution in [1.82, 2.24) is 15.6 Å². The average molecular weight is 672 g/mol. The number of carbonyl (C=O) groups is 3. The molecule has 5 rings (SSSR count). The predicted octanol–water partition coefficient (Wildman–Crippen LogP) is 5.19. The molecule has 0 saturated carbocycles. The molecule has 4 aromatic rings. The van der Waals surface area contributed by atoms with Crippen LogP contribution >= 0.6 is 11.8 Å². The number of urea groups is 1. The van der Waals surface area contributed by atoms with Gasteiger partial charge < -0.3 is 35.1 Å². The van der Waals surface area contributed by atoms with E-state index < -0.39 is 30.3 Å². The van der Waals surface area contributed by atoms with Crippen LogP contribution in [0, 0.1) is 0 Å². The first-order valence-corrected chi connectivity index (χ1v) is 16.4. The number of ether oxygens (including phenoxy) is 3. The number of methoxy groups -OCH3 is 1. The fraction of sp³-hybridized carbons (Fsp3) is 0.278. The van der Waals surface area contributed by atoms with Gasteiger partial charge in [0, 0.05) is 36.9 Å². The van der Waals surface area contributed by atoms with Crippen molar-refractivity contribution in [3.05, 3.63) is 131 Å². The summed E-state index contributed by atoms with van der Waals surface area (Å²) in [6, 6.07) is 26.2. The third-order valence-corrected chi connectivity index (χ3v) is 8.94. The van der Waals surface area contributed by atoms with Crippen molar-refractivity contribution >= 4 is 29.7 Å². The number of nitrogens with zero attached hydrogens (tertiary/aromatic N) is 1. The smallest absolute Gasteiger partial charge is 0.338 e. The van der Waals surface area contributed by atoms with Gasteiger partial charge in [-0.2, -0.15) is 0 Å². The predicted molar refractivity (Wildman–Crippen MR) is 178 cm³/mol. The van der Waals surface area contributed by atoms with Gasteiger partial charge in [0.15, 0.2) is 6.29 Å². The van der Waals surface area contributed by atoms with Crippen LogP contribution in [-0.2, 0) is 38.6 Å². The van der Waals surface area contributed by atoms with Crippen LogP contribution in [0.4, 0.5) is 4.79 Å². The Balaban J connectivity index is 1.23. The van der Waals surface area contributed by atoms with E-state index in [0.717, 1.165) is 27.8 Å². The van der Waals surface area contributed by atoms with Crippen molar-refractivity contribution in [3.8, 4) is 0 Å². The molecule has 0 unspecified atom stereocenters. The monoisotopic (exact) mass is 671 g/mol. The zero-order chi connectivity index (χ0) is 33.9. The van der Waals surface area contributed by atoms with E-state index in [1.165, 1.54) is 24.9 Å². The normalized spacial score (nSPS) is 18.0. The number of carboxylic acid groups (broad SMARTS) is 1. The van der Waals surface area contributed by atoms with Gasteiger partial charge in [0.1, 0.15) is 11.1 Å². The standard InChI is InChI=1S/C36H37N3O8S/c1-45-34(43)30(18-23-6-3-2-4-7-23)39-36(44)38-20-24-9-15-27(16-10-24)35-46-28(22-48-32-29(33(41)42)8-5-17-37-32)19-31(47-35)26-13-11-25(21-40)12-14-26/h2-17,28,30-31,35,40H,18-22H2,1H3,(H,41,42)(H2,38,39,44)/t28-,30+,31+,35+/m1/s1. The number of aliphatic hydroxyl groups is 1. The molecule has 0 bridgehead atoms. The van der Waals surface area contributed by atoms with Crippen LogP contribution in [0.1, 0.15) is 57.0 Å². The number of hydrogen-bond donors (Lipinski definition) is 4. The van der Waals surface area contributed by atoms with Gasteiger partial charge >= 0.3 is 18.0 Å². The quantitative estimate of drug-likeness (QED) is 0.110. The molecule has 3 aromatic carbocycles. The van der Waals surface area contributed by atoms with Gasteiger partial charge in [-0.05, 0) is 34.4 Å². The highest BCUT2D eigenvalue weighted by atomic mass is 32.2. The molecule has 12 heteroatoms. The van der Waals surface area contributed by atoms with Crippen molar-refractivity contribution < 1.29 is 38.8 Å². The average Bonchev–Trinajstić information content (AvgIpc) is 3.13. The molecule has 4 atom stereocenters. The highest BCUT2D eigenvalue weighted by Crippen LogP contribution is 2.39. The van der Waals surface area contributed by atoms with Crippen molar-refractivity contribution in [3.63, 3.8) is 0 Å². The molecule has 2 amide bonds. The number of rotatable bonds is 13. The second-order valence-corrected chi connectivity index (χ2v) is 12.2. The fourth-order valence-electron chi connectivity index (χ4n) is 5.23. The number of amides is 2. The maximum absolute atomic E-state index is 12.7. The molecule has 0 aliphatic carbocycles. The molecular formula is C36H37N3O8S. The number of nitrogens with one attached hydrogen (secondary N) is 2. The highest BCUT2D eigenvalue weighted by molar-refractivity contribution is 7.99. The van der Waals surface area contributed by atoms with Gasteiger partial charge in [-0.3, -0.25) is 0 Å². The van der Waals surface area contributed by atoms with E-state index in [0.29, 0.717) is 23.6 Å². The SMILES string of the molecule is COC(=O)[C@H](Cc1ccccc1)NC(=O)NCc1ccc([C@H]2O[C@@H](CSc3ncccc3C(=O)O)C[C@@H](c3ccc(CO)cc3)O2)cc1. The highest BCUT2D eigenvalue weighted by Gasteiger charge is 2.32. The molecule has 11 nitrogen and oxygen atoms in total. The van der Waals surface area contributed by atoms with Crippen molar-refractivity contribution in [2.75, 3.05) is 12.9 Å². The summed E-state index contributed by atoms with van der Waals surface area (Å²) < 4.78 is 17.7. The number of aliphatic hydroxyl groups excluding tert-OH is 1. The fourth-order valence-corrected chi connectivity index (χ4v) is 6.24. The molecular weight excluding hydrogens is 634 g/mol. The number of esters is 1. The van der Waals surface area contributed by atoms with Crippen LogP contribution < -0.4 is 10.6 Å². The summed E-state index contributed by atoms with van der Waals surface area (Å²) in [5.41, 5.74) is 4.35. The summed E-state index contributed by atoms with van der Waals surface area (Å²) in [4.78, 5) is 41.0. The maximum Gasteiger partial charge on any atom is 0.338 e. The van der Waals surface area contributed by atoms with Crippen LogP contribution in [0.2, 0.25) is 0 Å². The lowest BCUT2D eigenvalue weighted by atomic mass is 10.0. The Kier molecular flexibility index (Phi) is 12.2. The van der Waals surface area contributed by atoms with Crippen LogP contribution in [0.25, 0.3) is 0 Å². The van der Waals surface area contributed by atoms with Crippen molar-refractivity contribution in [2.45, 2.75) is 55.6 Å². The van der Waals surface area contributed by atoms with E-state index in [1.54, 1.807) is 12.3 Å². The van der Waals surface area contributed by atoms with Crippen LogP contribution in [0.5, 0.6) is 0 Å². The number of carboxylic acids is 1. The number of hydrogen-bond acceptors (Lipinski definition) is 9. The zero-order valence-electron chi connectivity index (χ0n) is 26.3. The van der Waals surface area contributed by atoms with Gasteiger partial charge in [-0.1, -0.05) is 78.9 Å². The van der Waals surface area contributed by atoms with Crippen LogP contribution in [-0.4, -0.2) is 58.2 Å². The summed E-state index contributed by atoms with van der Waals surface area (Å²) in [5, 5.41) is 25.0. The maximum atomic E-state index is 12.7. The van der Waals surface area contributed by atoms with Crippen LogP contribution in [0.3, 0.4) is 0 Å². The minimum atomic E-state index is -1.04. The Bertz CT molecular complexity index is 1670. The molecule has 2 heterocycles. The summed E-state index contributed by atoms with van der Waals surface area (Å²) >= 11 is 1.32. The van der Waals surface area contributed by atoms with Crippen molar-refractivity contribution in [2.24, 2.45) is 0 Å². The summed E-state index contributed by atoms with van der Waals surface area (Å²) in [6.07, 6.45) is 1.09. The molecule has 1 saturated heterocycles. The first-order valence-electron chi connectivity index (χ1n) is 15.4. The van der Waals surface area contributed by atoms with E-state index in [-0.39, 0.29) is 30.9 Å². The lowest BCUT2D eigenvalue weighted by Crippen LogP contribution is -2.47. The summed E-state index contributed by atoms with van der Waals surface area (Å²) in [6.45, 7) is 0.155. The van der Waals surface area contributed by atoms with E-state index in [1.807, 2.05) is 78.9 Å². The van der Waals surface area contributed by atoms with Gasteiger partial charge in [0.2, 0.25) is 0 Å². The molecule has 48 heavy (non-hydrogen) atoms. The number of thioether (sulfide) groups is 1. The molecule has 1 aliphatic rings. The Morgan fingerprint density at radius 1 is 0.917 bits per heavy atom. The second-order valence-electron chi connectivity index (χ2n) is 11.2. The zero-order valence-corrected chi connectivity index (χ0v) is 27.1. The first kappa shape index (κ1) is 34.6. The van der Waals surface area contributed by atoms with Crippen LogP contribution in [0.15, 0.2) is 102 Å². The molecule has 0 radical (unpaired) electrons. The summed E-state index contributed by atoms with van der Waals surface area (Å²) in [5.74, 6) is -1.12. The Morgan fingerprint density at radius 3 is 2.31 bits per heavy atom. The van der Waals surface area contributed by atoms with Gasteiger partial charge in [0.25, 0.3) is 0 Å². The molecule has 1 fully saturated rings. The Morgan fingerprint density at radius 2 is 1.62 bits per heavy atom. The van der Waals surface area contributed by atoms with E-state index in [2.05, 4.69) is 15.6 Å². The summed E-state index contributed by atoms with van der Waals surface area (Å²) in [7, 11) is 1.28. The number of carbonyl (C=O) groups excluding carboxylic acids is 2. The molecule has 250 valence electrons. The second kappa shape index (κ2) is 16.9. The molecule has 0 spiro atoms. The Hall–Kier alpha value is -4.75. The number of aromatic nitrogens is 1.